The van der Waals surface area contributed by atoms with Crippen LogP contribution in [0.2, 0.25) is 0 Å². The van der Waals surface area contributed by atoms with Crippen LogP contribution in [0, 0.1) is 5.92 Å². The van der Waals surface area contributed by atoms with Gasteiger partial charge in [-0.3, -0.25) is 0 Å². The lowest BCUT2D eigenvalue weighted by Crippen LogP contribution is -2.15. The molecular formula is C12H26O2S3. The maximum absolute atomic E-state index is 9.67. The number of rotatable bonds is 12. The molecule has 104 valence electrons. The van der Waals surface area contributed by atoms with Gasteiger partial charge in [0.05, 0.1) is 12.7 Å². The smallest absolute Gasteiger partial charge is 0.0720 e. The maximum atomic E-state index is 9.67. The molecule has 0 aromatic heterocycles. The van der Waals surface area contributed by atoms with Gasteiger partial charge >= 0.3 is 0 Å². The van der Waals surface area contributed by atoms with Crippen molar-refractivity contribution in [3.8, 4) is 0 Å². The molecule has 0 heterocycles. The molecule has 0 aliphatic heterocycles. The fraction of sp³-hybridized carbons (Fsp3) is 1.00. The monoisotopic (exact) mass is 298 g/mol. The second kappa shape index (κ2) is 13.4. The zero-order valence-corrected chi connectivity index (χ0v) is 13.4. The molecule has 2 nitrogen and oxygen atoms in total. The van der Waals surface area contributed by atoms with Gasteiger partial charge in [-0.25, -0.2) is 0 Å². The SMILES string of the molecule is CCCSCC(C)CSCC(O)CSCCO. The van der Waals surface area contributed by atoms with E-state index < -0.39 is 0 Å². The average molecular weight is 299 g/mol. The summed E-state index contributed by atoms with van der Waals surface area (Å²) in [6.07, 6.45) is 1.03. The Morgan fingerprint density at radius 3 is 2.18 bits per heavy atom. The predicted molar refractivity (Wildman–Crippen MR) is 84.5 cm³/mol. The Balaban J connectivity index is 3.29. The fourth-order valence-corrected chi connectivity index (χ4v) is 4.22. The highest BCUT2D eigenvalue weighted by atomic mass is 32.2. The topological polar surface area (TPSA) is 40.5 Å². The first-order chi connectivity index (χ1) is 8.20. The van der Waals surface area contributed by atoms with Crippen LogP contribution in [-0.4, -0.2) is 57.4 Å². The molecule has 17 heavy (non-hydrogen) atoms. The van der Waals surface area contributed by atoms with Crippen molar-refractivity contribution < 1.29 is 10.2 Å². The zero-order chi connectivity index (χ0) is 12.9. The van der Waals surface area contributed by atoms with Gasteiger partial charge in [-0.2, -0.15) is 35.3 Å². The Kier molecular flexibility index (Phi) is 14.2. The third kappa shape index (κ3) is 13.2. The van der Waals surface area contributed by atoms with E-state index in [0.29, 0.717) is 0 Å². The molecule has 0 amide bonds. The molecule has 0 saturated heterocycles. The molecule has 0 aliphatic carbocycles. The molecule has 2 unspecified atom stereocenters. The minimum absolute atomic E-state index is 0.205. The first-order valence-corrected chi connectivity index (χ1v) is 9.69. The number of hydrogen-bond donors (Lipinski definition) is 2. The van der Waals surface area contributed by atoms with Gasteiger partial charge in [-0.05, 0) is 29.6 Å². The van der Waals surface area contributed by atoms with Gasteiger partial charge in [-0.1, -0.05) is 13.8 Å². The van der Waals surface area contributed by atoms with Crippen LogP contribution < -0.4 is 0 Å². The zero-order valence-electron chi connectivity index (χ0n) is 10.9. The lowest BCUT2D eigenvalue weighted by Gasteiger charge is -2.13. The third-order valence-corrected chi connectivity index (χ3v) is 6.03. The van der Waals surface area contributed by atoms with Gasteiger partial charge in [0.1, 0.15) is 0 Å². The van der Waals surface area contributed by atoms with E-state index in [1.807, 2.05) is 23.5 Å². The minimum Gasteiger partial charge on any atom is -0.396 e. The molecule has 0 radical (unpaired) electrons. The van der Waals surface area contributed by atoms with Crippen molar-refractivity contribution in [1.82, 2.24) is 0 Å². The van der Waals surface area contributed by atoms with E-state index in [1.165, 1.54) is 17.9 Å². The molecule has 5 heteroatoms. The van der Waals surface area contributed by atoms with Gasteiger partial charge in [0.2, 0.25) is 0 Å². The third-order valence-electron chi connectivity index (χ3n) is 2.01. The summed E-state index contributed by atoms with van der Waals surface area (Å²) in [7, 11) is 0. The number of aliphatic hydroxyl groups excluding tert-OH is 2. The van der Waals surface area contributed by atoms with Crippen molar-refractivity contribution in [2.24, 2.45) is 5.92 Å². The van der Waals surface area contributed by atoms with E-state index in [-0.39, 0.29) is 12.7 Å². The van der Waals surface area contributed by atoms with Gasteiger partial charge in [-0.15, -0.1) is 0 Å². The molecule has 0 fully saturated rings. The van der Waals surface area contributed by atoms with E-state index >= 15 is 0 Å². The summed E-state index contributed by atoms with van der Waals surface area (Å²) in [6, 6.07) is 0. The molecule has 0 spiro atoms. The Morgan fingerprint density at radius 2 is 1.53 bits per heavy atom. The van der Waals surface area contributed by atoms with Gasteiger partial charge in [0.25, 0.3) is 0 Å². The lowest BCUT2D eigenvalue weighted by atomic mass is 10.3. The summed E-state index contributed by atoms with van der Waals surface area (Å²) in [4.78, 5) is 0. The quantitative estimate of drug-likeness (QED) is 0.542. The summed E-state index contributed by atoms with van der Waals surface area (Å²) >= 11 is 5.50. The van der Waals surface area contributed by atoms with E-state index in [4.69, 9.17) is 5.11 Å². The molecule has 0 saturated carbocycles. The molecule has 2 atom stereocenters. The van der Waals surface area contributed by atoms with Crippen LogP contribution >= 0.6 is 35.3 Å². The van der Waals surface area contributed by atoms with Gasteiger partial charge in [0.15, 0.2) is 0 Å². The van der Waals surface area contributed by atoms with Crippen LogP contribution in [0.25, 0.3) is 0 Å². The highest BCUT2D eigenvalue weighted by Gasteiger charge is 2.07. The standard InChI is InChI=1S/C12H26O2S3/c1-3-5-15-7-11(2)8-17-10-12(14)9-16-6-4-13/h11-14H,3-10H2,1-2H3. The van der Waals surface area contributed by atoms with Gasteiger partial charge < -0.3 is 10.2 Å². The van der Waals surface area contributed by atoms with E-state index in [9.17, 15) is 5.11 Å². The molecule has 0 aromatic rings. The summed E-state index contributed by atoms with van der Waals surface area (Å²) < 4.78 is 0. The van der Waals surface area contributed by atoms with Crippen molar-refractivity contribution >= 4 is 35.3 Å². The summed E-state index contributed by atoms with van der Waals surface area (Å²) in [6.45, 7) is 4.70. The second-order valence-electron chi connectivity index (χ2n) is 4.17. The highest BCUT2D eigenvalue weighted by molar-refractivity contribution is 8.00. The first kappa shape index (κ1) is 18.0. The molecule has 0 aliphatic rings. The predicted octanol–water partition coefficient (Wildman–Crippen LogP) is 2.59. The van der Waals surface area contributed by atoms with Crippen molar-refractivity contribution in [3.63, 3.8) is 0 Å². The normalized spacial score (nSPS) is 14.8. The van der Waals surface area contributed by atoms with Crippen LogP contribution in [0.5, 0.6) is 0 Å². The number of thioether (sulfide) groups is 3. The summed E-state index contributed by atoms with van der Waals surface area (Å²) in [5.41, 5.74) is 0. The second-order valence-corrected chi connectivity index (χ2v) is 7.54. The Hall–Kier alpha value is 0.970. The van der Waals surface area contributed by atoms with Crippen LogP contribution in [0.15, 0.2) is 0 Å². The fourth-order valence-electron chi connectivity index (χ4n) is 1.21. The molecule has 0 rings (SSSR count). The van der Waals surface area contributed by atoms with Crippen LogP contribution in [0.3, 0.4) is 0 Å². The lowest BCUT2D eigenvalue weighted by molar-refractivity contribution is 0.225. The average Bonchev–Trinajstić information content (AvgIpc) is 2.30. The van der Waals surface area contributed by atoms with Crippen molar-refractivity contribution in [3.05, 3.63) is 0 Å². The summed E-state index contributed by atoms with van der Waals surface area (Å²) in [5, 5.41) is 18.3. The van der Waals surface area contributed by atoms with E-state index in [2.05, 4.69) is 13.8 Å². The van der Waals surface area contributed by atoms with Crippen LogP contribution in [-0.2, 0) is 0 Å². The van der Waals surface area contributed by atoms with Crippen molar-refractivity contribution in [2.75, 3.05) is 41.1 Å². The van der Waals surface area contributed by atoms with E-state index in [0.717, 1.165) is 28.9 Å². The first-order valence-electron chi connectivity index (χ1n) is 6.22. The number of hydrogen-bond acceptors (Lipinski definition) is 5. The molecule has 0 aromatic carbocycles. The van der Waals surface area contributed by atoms with Crippen molar-refractivity contribution in [2.45, 2.75) is 26.4 Å². The molecule has 2 N–H and O–H groups in total. The summed E-state index contributed by atoms with van der Waals surface area (Å²) in [5.74, 6) is 6.65. The Labute approximate surface area is 119 Å². The minimum atomic E-state index is -0.230. The van der Waals surface area contributed by atoms with E-state index in [1.54, 1.807) is 11.8 Å². The Bertz CT molecular complexity index is 143. The van der Waals surface area contributed by atoms with Gasteiger partial charge in [0, 0.05) is 17.3 Å². The van der Waals surface area contributed by atoms with Crippen LogP contribution in [0.4, 0.5) is 0 Å². The maximum Gasteiger partial charge on any atom is 0.0720 e. The Morgan fingerprint density at radius 1 is 0.941 bits per heavy atom. The van der Waals surface area contributed by atoms with Crippen LogP contribution in [0.1, 0.15) is 20.3 Å². The van der Waals surface area contributed by atoms with Crippen molar-refractivity contribution in [1.29, 1.82) is 0 Å². The number of aliphatic hydroxyl groups is 2. The molecule has 0 bridgehead atoms. The largest absolute Gasteiger partial charge is 0.396 e. The highest BCUT2D eigenvalue weighted by Crippen LogP contribution is 2.16. The molecular weight excluding hydrogens is 272 g/mol.